The first-order valence-electron chi connectivity index (χ1n) is 10.4. The zero-order chi connectivity index (χ0) is 23.5. The van der Waals surface area contributed by atoms with Gasteiger partial charge in [0, 0.05) is 36.8 Å². The molecule has 2 aliphatic rings. The summed E-state index contributed by atoms with van der Waals surface area (Å²) in [5.41, 5.74) is 1.06. The monoisotopic (exact) mass is 473 g/mol. The van der Waals surface area contributed by atoms with Gasteiger partial charge in [-0.1, -0.05) is 11.6 Å². The third-order valence-corrected chi connectivity index (χ3v) is 5.74. The number of halogens is 1. The number of rotatable bonds is 6. The molecule has 0 aliphatic carbocycles. The molecule has 10 heteroatoms. The van der Waals surface area contributed by atoms with E-state index in [-0.39, 0.29) is 31.3 Å². The lowest BCUT2D eigenvalue weighted by Gasteiger charge is -2.23. The Kier molecular flexibility index (Phi) is 6.60. The molecule has 9 nitrogen and oxygen atoms in total. The molecule has 0 saturated carbocycles. The number of nitrogens with zero attached hydrogens (tertiary/aromatic N) is 2. The number of amides is 3. The van der Waals surface area contributed by atoms with Crippen molar-refractivity contribution in [1.29, 1.82) is 0 Å². The number of hydrogen-bond acceptors (Lipinski definition) is 6. The molecule has 3 amide bonds. The topological polar surface area (TPSA) is 97.4 Å². The maximum absolute atomic E-state index is 12.9. The fourth-order valence-corrected chi connectivity index (χ4v) is 4.07. The Bertz CT molecular complexity index is 1090. The highest BCUT2D eigenvalue weighted by molar-refractivity contribution is 6.31. The molecule has 0 bridgehead atoms. The van der Waals surface area contributed by atoms with Crippen molar-refractivity contribution in [3.63, 3.8) is 0 Å². The van der Waals surface area contributed by atoms with Crippen LogP contribution in [0.25, 0.3) is 0 Å². The molecule has 2 aromatic rings. The SMILES string of the molecule is COc1ccc(Cl)cc1NC(=O)CN(C)C(=O)[C@@H]1CC(=O)N(c2ccc3c(c2)OCCO3)C1. The highest BCUT2D eigenvalue weighted by Gasteiger charge is 2.37. The number of methoxy groups -OCH3 is 1. The number of ether oxygens (including phenoxy) is 3. The van der Waals surface area contributed by atoms with Crippen LogP contribution in [0.15, 0.2) is 36.4 Å². The lowest BCUT2D eigenvalue weighted by molar-refractivity contribution is -0.137. The van der Waals surface area contributed by atoms with Crippen LogP contribution >= 0.6 is 11.6 Å². The smallest absolute Gasteiger partial charge is 0.244 e. The number of anilines is 2. The van der Waals surface area contributed by atoms with Crippen LogP contribution in [0.5, 0.6) is 17.2 Å². The molecule has 1 saturated heterocycles. The van der Waals surface area contributed by atoms with Crippen molar-refractivity contribution < 1.29 is 28.6 Å². The van der Waals surface area contributed by atoms with Crippen molar-refractivity contribution in [3.05, 3.63) is 41.4 Å². The summed E-state index contributed by atoms with van der Waals surface area (Å²) in [4.78, 5) is 40.9. The maximum atomic E-state index is 12.9. The van der Waals surface area contributed by atoms with Crippen LogP contribution < -0.4 is 24.4 Å². The first-order chi connectivity index (χ1) is 15.9. The Balaban J connectivity index is 1.38. The Morgan fingerprint density at radius 1 is 1.18 bits per heavy atom. The Labute approximate surface area is 196 Å². The van der Waals surface area contributed by atoms with Gasteiger partial charge in [0.2, 0.25) is 17.7 Å². The van der Waals surface area contributed by atoms with Gasteiger partial charge in [-0.15, -0.1) is 0 Å². The van der Waals surface area contributed by atoms with Crippen LogP contribution in [0, 0.1) is 5.92 Å². The molecule has 2 aliphatic heterocycles. The first-order valence-corrected chi connectivity index (χ1v) is 10.8. The molecule has 0 radical (unpaired) electrons. The van der Waals surface area contributed by atoms with Crippen molar-refractivity contribution in [2.45, 2.75) is 6.42 Å². The molecular formula is C23H24ClN3O6. The van der Waals surface area contributed by atoms with Crippen molar-refractivity contribution >= 4 is 40.7 Å². The Morgan fingerprint density at radius 3 is 2.70 bits per heavy atom. The van der Waals surface area contributed by atoms with Crippen molar-refractivity contribution in [3.8, 4) is 17.2 Å². The van der Waals surface area contributed by atoms with Crippen LogP contribution in [-0.4, -0.2) is 63.1 Å². The molecule has 174 valence electrons. The van der Waals surface area contributed by atoms with Gasteiger partial charge in [-0.25, -0.2) is 0 Å². The number of likely N-dealkylation sites (N-methyl/N-ethyl adjacent to an activating group) is 1. The number of benzene rings is 2. The highest BCUT2D eigenvalue weighted by atomic mass is 35.5. The number of nitrogens with one attached hydrogen (secondary N) is 1. The minimum Gasteiger partial charge on any atom is -0.495 e. The second kappa shape index (κ2) is 9.58. The highest BCUT2D eigenvalue weighted by Crippen LogP contribution is 2.36. The van der Waals surface area contributed by atoms with Gasteiger partial charge in [0.05, 0.1) is 25.3 Å². The molecule has 0 aromatic heterocycles. The van der Waals surface area contributed by atoms with Gasteiger partial charge in [-0.2, -0.15) is 0 Å². The average molecular weight is 474 g/mol. The second-order valence-electron chi connectivity index (χ2n) is 7.82. The van der Waals surface area contributed by atoms with E-state index in [1.807, 2.05) is 0 Å². The molecule has 0 spiro atoms. The van der Waals surface area contributed by atoms with Gasteiger partial charge in [0.15, 0.2) is 11.5 Å². The quantitative estimate of drug-likeness (QED) is 0.692. The minimum atomic E-state index is -0.552. The molecule has 1 fully saturated rings. The van der Waals surface area contributed by atoms with Crippen LogP contribution in [0.4, 0.5) is 11.4 Å². The summed E-state index contributed by atoms with van der Waals surface area (Å²) in [6.45, 7) is 0.976. The van der Waals surface area contributed by atoms with E-state index < -0.39 is 11.8 Å². The normalized spacial score (nSPS) is 17.0. The predicted molar refractivity (Wildman–Crippen MR) is 122 cm³/mol. The zero-order valence-corrected chi connectivity index (χ0v) is 19.1. The number of carbonyl (C=O) groups excluding carboxylic acids is 3. The first kappa shape index (κ1) is 22.7. The van der Waals surface area contributed by atoms with Gasteiger partial charge in [0.1, 0.15) is 19.0 Å². The maximum Gasteiger partial charge on any atom is 0.244 e. The van der Waals surface area contributed by atoms with E-state index >= 15 is 0 Å². The summed E-state index contributed by atoms with van der Waals surface area (Å²) < 4.78 is 16.3. The van der Waals surface area contributed by atoms with Crippen LogP contribution in [0.2, 0.25) is 5.02 Å². The molecule has 2 aromatic carbocycles. The van der Waals surface area contributed by atoms with E-state index in [9.17, 15) is 14.4 Å². The van der Waals surface area contributed by atoms with Crippen molar-refractivity contribution in [2.75, 3.05) is 50.7 Å². The lowest BCUT2D eigenvalue weighted by Crippen LogP contribution is -2.39. The van der Waals surface area contributed by atoms with E-state index in [2.05, 4.69) is 5.32 Å². The fourth-order valence-electron chi connectivity index (χ4n) is 3.90. The average Bonchev–Trinajstić information content (AvgIpc) is 3.19. The van der Waals surface area contributed by atoms with E-state index in [1.54, 1.807) is 41.3 Å². The third kappa shape index (κ3) is 4.98. The van der Waals surface area contributed by atoms with Gasteiger partial charge < -0.3 is 29.3 Å². The number of fused-ring (bicyclic) bond motifs is 1. The summed E-state index contributed by atoms with van der Waals surface area (Å²) in [5, 5.41) is 3.15. The van der Waals surface area contributed by atoms with Gasteiger partial charge >= 0.3 is 0 Å². The standard InChI is InChI=1S/C23H24ClN3O6/c1-26(13-21(28)25-17-10-15(24)3-5-18(17)31-2)23(30)14-9-22(29)27(12-14)16-4-6-19-20(11-16)33-8-7-32-19/h3-6,10-11,14H,7-9,12-13H2,1-2H3,(H,25,28)/t14-/m1/s1. The fraction of sp³-hybridized carbons (Fsp3) is 0.348. The zero-order valence-electron chi connectivity index (χ0n) is 18.3. The third-order valence-electron chi connectivity index (χ3n) is 5.50. The lowest BCUT2D eigenvalue weighted by atomic mass is 10.1. The van der Waals surface area contributed by atoms with Crippen LogP contribution in [0.1, 0.15) is 6.42 Å². The molecule has 4 rings (SSSR count). The van der Waals surface area contributed by atoms with E-state index in [4.69, 9.17) is 25.8 Å². The summed E-state index contributed by atoms with van der Waals surface area (Å²) in [6, 6.07) is 10.1. The van der Waals surface area contributed by atoms with Gasteiger partial charge in [0.25, 0.3) is 0 Å². The molecule has 33 heavy (non-hydrogen) atoms. The second-order valence-corrected chi connectivity index (χ2v) is 8.26. The molecule has 1 atom stereocenters. The van der Waals surface area contributed by atoms with Crippen molar-refractivity contribution in [2.24, 2.45) is 5.92 Å². The summed E-state index contributed by atoms with van der Waals surface area (Å²) in [6.07, 6.45) is 0.0708. The molecule has 1 N–H and O–H groups in total. The molecule has 2 heterocycles. The van der Waals surface area contributed by atoms with Crippen LogP contribution in [0.3, 0.4) is 0 Å². The molecule has 0 unspecified atom stereocenters. The van der Waals surface area contributed by atoms with Crippen molar-refractivity contribution in [1.82, 2.24) is 4.90 Å². The predicted octanol–water partition coefficient (Wildman–Crippen LogP) is 2.57. The van der Waals surface area contributed by atoms with E-state index in [1.165, 1.54) is 19.1 Å². The Morgan fingerprint density at radius 2 is 1.94 bits per heavy atom. The largest absolute Gasteiger partial charge is 0.495 e. The minimum absolute atomic E-state index is 0.0708. The van der Waals surface area contributed by atoms with E-state index in [0.29, 0.717) is 46.9 Å². The van der Waals surface area contributed by atoms with Gasteiger partial charge in [-0.05, 0) is 30.3 Å². The molecular weight excluding hydrogens is 450 g/mol. The summed E-state index contributed by atoms with van der Waals surface area (Å²) in [5.74, 6) is 0.267. The number of carbonyl (C=O) groups is 3. The Hall–Kier alpha value is -3.46. The van der Waals surface area contributed by atoms with Crippen LogP contribution in [-0.2, 0) is 14.4 Å². The number of hydrogen-bond donors (Lipinski definition) is 1. The van der Waals surface area contributed by atoms with Gasteiger partial charge in [-0.3, -0.25) is 14.4 Å². The van der Waals surface area contributed by atoms with E-state index in [0.717, 1.165) is 0 Å². The summed E-state index contributed by atoms with van der Waals surface area (Å²) >= 11 is 5.99. The summed E-state index contributed by atoms with van der Waals surface area (Å²) in [7, 11) is 3.02.